The van der Waals surface area contributed by atoms with Crippen LogP contribution in [0.1, 0.15) is 62.2 Å². The highest BCUT2D eigenvalue weighted by Gasteiger charge is 2.29. The van der Waals surface area contributed by atoms with E-state index < -0.39 is 0 Å². The molecule has 0 saturated heterocycles. The minimum atomic E-state index is -0.318. The predicted molar refractivity (Wildman–Crippen MR) is 126 cm³/mol. The van der Waals surface area contributed by atoms with Crippen molar-refractivity contribution in [3.63, 3.8) is 0 Å². The minimum absolute atomic E-state index is 0.0664. The van der Waals surface area contributed by atoms with E-state index in [9.17, 15) is 9.18 Å². The maximum atomic E-state index is 13.7. The van der Waals surface area contributed by atoms with Crippen molar-refractivity contribution in [2.75, 3.05) is 0 Å². The molecule has 0 atom stereocenters. The third kappa shape index (κ3) is 4.15. The van der Waals surface area contributed by atoms with Crippen molar-refractivity contribution in [2.24, 2.45) is 18.2 Å². The quantitative estimate of drug-likeness (QED) is 0.408. The number of carbonyl (C=O) groups excluding carboxylic acids is 1. The lowest BCUT2D eigenvalue weighted by Gasteiger charge is -2.36. The number of benzene rings is 1. The fourth-order valence-corrected chi connectivity index (χ4v) is 5.04. The molecular formula is C25H29FN6O. The fraction of sp³-hybridized carbons (Fsp3) is 0.440. The number of nitrogens with zero attached hydrogens (tertiary/aromatic N) is 4. The molecule has 3 aromatic heterocycles. The van der Waals surface area contributed by atoms with Crippen molar-refractivity contribution in [1.82, 2.24) is 24.7 Å². The summed E-state index contributed by atoms with van der Waals surface area (Å²) in [5.74, 6) is -0.251. The van der Waals surface area contributed by atoms with Crippen LogP contribution >= 0.6 is 0 Å². The van der Waals surface area contributed by atoms with Gasteiger partial charge < -0.3 is 10.7 Å². The molecule has 0 amide bonds. The second kappa shape index (κ2) is 8.33. The van der Waals surface area contributed by atoms with E-state index in [4.69, 9.17) is 10.7 Å². The highest BCUT2D eigenvalue weighted by Crippen LogP contribution is 2.39. The summed E-state index contributed by atoms with van der Waals surface area (Å²) >= 11 is 0. The molecule has 1 fully saturated rings. The van der Waals surface area contributed by atoms with Crippen LogP contribution in [0.4, 0.5) is 4.39 Å². The molecule has 1 aromatic carbocycles. The summed E-state index contributed by atoms with van der Waals surface area (Å²) in [7, 11) is 1.77. The highest BCUT2D eigenvalue weighted by atomic mass is 19.1. The minimum Gasteiger partial charge on any atom is -0.344 e. The first-order chi connectivity index (χ1) is 15.8. The zero-order valence-electron chi connectivity index (χ0n) is 19.1. The molecule has 172 valence electrons. The van der Waals surface area contributed by atoms with Crippen molar-refractivity contribution in [2.45, 2.75) is 57.9 Å². The van der Waals surface area contributed by atoms with Gasteiger partial charge in [-0.25, -0.2) is 14.4 Å². The molecule has 33 heavy (non-hydrogen) atoms. The predicted octanol–water partition coefficient (Wildman–Crippen LogP) is 4.91. The van der Waals surface area contributed by atoms with E-state index >= 15 is 0 Å². The number of aromatic nitrogens is 5. The fourth-order valence-electron chi connectivity index (χ4n) is 5.04. The Labute approximate surface area is 191 Å². The van der Waals surface area contributed by atoms with Gasteiger partial charge in [-0.1, -0.05) is 6.92 Å². The van der Waals surface area contributed by atoms with Gasteiger partial charge in [0, 0.05) is 31.1 Å². The van der Waals surface area contributed by atoms with Gasteiger partial charge in [0.05, 0.1) is 17.3 Å². The Morgan fingerprint density at radius 1 is 1.33 bits per heavy atom. The number of aryl methyl sites for hydroxylation is 1. The molecule has 3 N–H and O–H groups in total. The molecule has 4 aromatic rings. The van der Waals surface area contributed by atoms with Gasteiger partial charge in [-0.3, -0.25) is 9.48 Å². The molecule has 1 aliphatic rings. The van der Waals surface area contributed by atoms with Crippen molar-refractivity contribution >= 4 is 27.9 Å². The summed E-state index contributed by atoms with van der Waals surface area (Å²) in [6.45, 7) is 2.32. The number of aromatic amines is 1. The van der Waals surface area contributed by atoms with Crippen molar-refractivity contribution in [3.05, 3.63) is 42.0 Å². The molecule has 5 rings (SSSR count). The maximum absolute atomic E-state index is 13.7. The van der Waals surface area contributed by atoms with Gasteiger partial charge in [0.25, 0.3) is 0 Å². The van der Waals surface area contributed by atoms with Crippen LogP contribution in [0.3, 0.4) is 0 Å². The molecule has 0 aliphatic heterocycles. The van der Waals surface area contributed by atoms with Gasteiger partial charge in [0.1, 0.15) is 22.7 Å². The molecule has 0 radical (unpaired) electrons. The Bertz CT molecular complexity index is 1330. The van der Waals surface area contributed by atoms with Gasteiger partial charge in [0.2, 0.25) is 0 Å². The average molecular weight is 449 g/mol. The Balaban J connectivity index is 1.37. The first-order valence-corrected chi connectivity index (χ1v) is 11.6. The first-order valence-electron chi connectivity index (χ1n) is 11.6. The average Bonchev–Trinajstić information content (AvgIpc) is 3.36. The second-order valence-corrected chi connectivity index (χ2v) is 9.71. The number of halogens is 1. The standard InChI is InChI=1S/C25H29FN6O/c1-25(10-7-16(27)8-11-25)9-3-4-21(33)18-13-28-24-23(18)30-19(14-29-24)22-17-6-5-15(26)12-20(17)32(2)31-22/h5-6,12-14,16H,3-4,7-11,27H2,1-2H3,(H,28,29). The summed E-state index contributed by atoms with van der Waals surface area (Å²) in [5, 5.41) is 5.31. The molecule has 1 aliphatic carbocycles. The van der Waals surface area contributed by atoms with Gasteiger partial charge in [-0.15, -0.1) is 0 Å². The van der Waals surface area contributed by atoms with Crippen LogP contribution in [0.2, 0.25) is 0 Å². The Morgan fingerprint density at radius 2 is 2.12 bits per heavy atom. The number of nitrogens with one attached hydrogen (secondary N) is 1. The number of nitrogens with two attached hydrogens (primary N) is 1. The van der Waals surface area contributed by atoms with Gasteiger partial charge in [-0.2, -0.15) is 5.10 Å². The SMILES string of the molecule is Cn1nc(-c2cnc3[nH]cc(C(=O)CCCC4(C)CCC(N)CC4)c3n2)c2ccc(F)cc21. The van der Waals surface area contributed by atoms with E-state index in [1.165, 1.54) is 12.1 Å². The number of fused-ring (bicyclic) bond motifs is 2. The lowest BCUT2D eigenvalue weighted by Crippen LogP contribution is -2.32. The lowest BCUT2D eigenvalue weighted by molar-refractivity contribution is 0.0969. The van der Waals surface area contributed by atoms with Crippen LogP contribution in [0, 0.1) is 11.2 Å². The molecular weight excluding hydrogens is 419 g/mol. The molecule has 8 heteroatoms. The van der Waals surface area contributed by atoms with Crippen LogP contribution in [0.25, 0.3) is 33.5 Å². The van der Waals surface area contributed by atoms with E-state index in [0.29, 0.717) is 46.1 Å². The molecule has 0 bridgehead atoms. The first kappa shape index (κ1) is 21.7. The van der Waals surface area contributed by atoms with Gasteiger partial charge in [-0.05, 0) is 62.1 Å². The summed E-state index contributed by atoms with van der Waals surface area (Å²) in [5.41, 5.74) is 9.85. The number of H-pyrrole nitrogens is 1. The van der Waals surface area contributed by atoms with E-state index in [0.717, 1.165) is 43.9 Å². The van der Waals surface area contributed by atoms with E-state index in [2.05, 4.69) is 22.0 Å². The van der Waals surface area contributed by atoms with Crippen LogP contribution in [-0.2, 0) is 7.05 Å². The number of Topliss-reactive ketones (excluding diaryl/α,β-unsaturated/α-hetero) is 1. The zero-order chi connectivity index (χ0) is 23.2. The third-order valence-corrected chi connectivity index (χ3v) is 7.16. The maximum Gasteiger partial charge on any atom is 0.166 e. The molecule has 0 unspecified atom stereocenters. The van der Waals surface area contributed by atoms with Crippen LogP contribution in [0.15, 0.2) is 30.6 Å². The third-order valence-electron chi connectivity index (χ3n) is 7.16. The number of ketones is 1. The summed E-state index contributed by atoms with van der Waals surface area (Å²) in [6, 6.07) is 4.88. The number of rotatable bonds is 6. The van der Waals surface area contributed by atoms with E-state index in [-0.39, 0.29) is 17.0 Å². The van der Waals surface area contributed by atoms with Crippen molar-refractivity contribution in [3.8, 4) is 11.4 Å². The highest BCUT2D eigenvalue weighted by molar-refractivity contribution is 6.06. The van der Waals surface area contributed by atoms with Crippen LogP contribution < -0.4 is 5.73 Å². The van der Waals surface area contributed by atoms with Crippen molar-refractivity contribution in [1.29, 1.82) is 0 Å². The van der Waals surface area contributed by atoms with Crippen molar-refractivity contribution < 1.29 is 9.18 Å². The zero-order valence-corrected chi connectivity index (χ0v) is 19.1. The number of carbonyl (C=O) groups is 1. The summed E-state index contributed by atoms with van der Waals surface area (Å²) in [4.78, 5) is 25.3. The Morgan fingerprint density at radius 3 is 2.91 bits per heavy atom. The van der Waals surface area contributed by atoms with Gasteiger partial charge >= 0.3 is 0 Å². The molecule has 7 nitrogen and oxygen atoms in total. The smallest absolute Gasteiger partial charge is 0.166 e. The van der Waals surface area contributed by atoms with Crippen LogP contribution in [-0.4, -0.2) is 36.6 Å². The largest absolute Gasteiger partial charge is 0.344 e. The second-order valence-electron chi connectivity index (χ2n) is 9.71. The topological polar surface area (TPSA) is 102 Å². The molecule has 0 spiro atoms. The Kier molecular flexibility index (Phi) is 5.48. The molecule has 3 heterocycles. The number of hydrogen-bond donors (Lipinski definition) is 2. The van der Waals surface area contributed by atoms with Crippen LogP contribution in [0.5, 0.6) is 0 Å². The monoisotopic (exact) mass is 448 g/mol. The summed E-state index contributed by atoms with van der Waals surface area (Å²) in [6.07, 6.45) is 10.1. The molecule has 1 saturated carbocycles. The van der Waals surface area contributed by atoms with E-state index in [1.54, 1.807) is 30.2 Å². The summed E-state index contributed by atoms with van der Waals surface area (Å²) < 4.78 is 15.3. The van der Waals surface area contributed by atoms with Gasteiger partial charge in [0.15, 0.2) is 11.4 Å². The lowest BCUT2D eigenvalue weighted by atomic mass is 9.71. The Hall–Kier alpha value is -3.13. The number of hydrogen-bond acceptors (Lipinski definition) is 5. The van der Waals surface area contributed by atoms with E-state index in [1.807, 2.05) is 0 Å². The normalized spacial score (nSPS) is 21.2.